The number of piperidine rings is 1. The minimum Gasteiger partial charge on any atom is -0.389 e. The number of rotatable bonds is 1. The second-order valence-electron chi connectivity index (χ2n) is 6.01. The Hall–Kier alpha value is -0.610. The summed E-state index contributed by atoms with van der Waals surface area (Å²) < 4.78 is 1.09. The molecule has 19 heavy (non-hydrogen) atoms. The van der Waals surface area contributed by atoms with Crippen molar-refractivity contribution in [1.29, 1.82) is 0 Å². The van der Waals surface area contributed by atoms with Crippen LogP contribution in [0.25, 0.3) is 0 Å². The summed E-state index contributed by atoms with van der Waals surface area (Å²) in [4.78, 5) is 6.86. The molecule has 4 heteroatoms. The first kappa shape index (κ1) is 13.4. The lowest BCUT2D eigenvalue weighted by atomic mass is 9.71. The highest BCUT2D eigenvalue weighted by Gasteiger charge is 2.43. The van der Waals surface area contributed by atoms with Crippen LogP contribution < -0.4 is 4.90 Å². The average molecular weight is 325 g/mol. The van der Waals surface area contributed by atoms with Crippen LogP contribution in [0.3, 0.4) is 0 Å². The van der Waals surface area contributed by atoms with Gasteiger partial charge < -0.3 is 10.0 Å². The Balaban J connectivity index is 1.83. The Bertz CT molecular complexity index is 479. The number of nitrogens with zero attached hydrogens (tertiary/aromatic N) is 2. The normalized spacial score (nSPS) is 31.1. The quantitative estimate of drug-likeness (QED) is 0.861. The molecule has 0 spiro atoms. The third-order valence-electron chi connectivity index (χ3n) is 4.79. The number of fused-ring (bicyclic) bond motifs is 1. The van der Waals surface area contributed by atoms with Crippen molar-refractivity contribution < 1.29 is 5.11 Å². The molecular formula is C15H21BrN2O. The van der Waals surface area contributed by atoms with Crippen LogP contribution in [0.1, 0.15) is 37.7 Å². The zero-order chi connectivity index (χ0) is 13.5. The van der Waals surface area contributed by atoms with E-state index < -0.39 is 5.60 Å². The molecule has 0 amide bonds. The van der Waals surface area contributed by atoms with Crippen molar-refractivity contribution in [3.63, 3.8) is 0 Å². The lowest BCUT2D eigenvalue weighted by molar-refractivity contribution is -0.0613. The maximum atomic E-state index is 10.7. The van der Waals surface area contributed by atoms with Crippen LogP contribution in [0.2, 0.25) is 0 Å². The number of aryl methyl sites for hydroxylation is 1. The molecule has 2 unspecified atom stereocenters. The van der Waals surface area contributed by atoms with E-state index in [0.29, 0.717) is 5.92 Å². The number of aliphatic hydroxyl groups is 1. The maximum Gasteiger partial charge on any atom is 0.143 e. The van der Waals surface area contributed by atoms with Crippen molar-refractivity contribution in [2.24, 2.45) is 5.92 Å². The summed E-state index contributed by atoms with van der Waals surface area (Å²) in [5, 5.41) is 10.7. The fourth-order valence-electron chi connectivity index (χ4n) is 3.51. The molecule has 1 saturated heterocycles. The van der Waals surface area contributed by atoms with Crippen LogP contribution in [0.5, 0.6) is 0 Å². The Labute approximate surface area is 123 Å². The maximum absolute atomic E-state index is 10.7. The molecule has 1 aromatic rings. The standard InChI is InChI=1S/C15H21BrN2O/c1-11-5-8-17-14(13(11)16)18-9-7-15(19)6-3-2-4-12(15)10-18/h5,8,12,19H,2-4,6-7,9-10H2,1H3. The second-order valence-corrected chi connectivity index (χ2v) is 6.80. The van der Waals surface area contributed by atoms with E-state index in [1.807, 2.05) is 12.3 Å². The van der Waals surface area contributed by atoms with Gasteiger partial charge in [-0.05, 0) is 53.7 Å². The summed E-state index contributed by atoms with van der Waals surface area (Å²) in [5.41, 5.74) is 0.805. The summed E-state index contributed by atoms with van der Waals surface area (Å²) in [6, 6.07) is 2.02. The number of pyridine rings is 1. The molecule has 1 aromatic heterocycles. The second kappa shape index (κ2) is 5.06. The summed E-state index contributed by atoms with van der Waals surface area (Å²) in [7, 11) is 0. The smallest absolute Gasteiger partial charge is 0.143 e. The van der Waals surface area contributed by atoms with Crippen molar-refractivity contribution in [1.82, 2.24) is 4.98 Å². The Kier molecular flexibility index (Phi) is 3.56. The molecule has 2 aliphatic rings. The molecule has 0 radical (unpaired) electrons. The highest BCUT2D eigenvalue weighted by Crippen LogP contribution is 2.41. The van der Waals surface area contributed by atoms with E-state index in [1.54, 1.807) is 0 Å². The summed E-state index contributed by atoms with van der Waals surface area (Å²) >= 11 is 3.65. The van der Waals surface area contributed by atoms with Crippen LogP contribution in [-0.2, 0) is 0 Å². The lowest BCUT2D eigenvalue weighted by Gasteiger charge is -2.47. The van der Waals surface area contributed by atoms with E-state index in [2.05, 4.69) is 32.7 Å². The summed E-state index contributed by atoms with van der Waals surface area (Å²) in [6.07, 6.45) is 7.31. The van der Waals surface area contributed by atoms with Crippen molar-refractivity contribution in [2.75, 3.05) is 18.0 Å². The SMILES string of the molecule is Cc1ccnc(N2CCC3(O)CCCCC3C2)c1Br. The first-order chi connectivity index (χ1) is 9.10. The van der Waals surface area contributed by atoms with Gasteiger partial charge in [-0.15, -0.1) is 0 Å². The van der Waals surface area contributed by atoms with Gasteiger partial charge in [-0.25, -0.2) is 4.98 Å². The van der Waals surface area contributed by atoms with Gasteiger partial charge in [-0.1, -0.05) is 12.8 Å². The molecule has 104 valence electrons. The lowest BCUT2D eigenvalue weighted by Crippen LogP contribution is -2.53. The fourth-order valence-corrected chi connectivity index (χ4v) is 3.99. The largest absolute Gasteiger partial charge is 0.389 e. The number of anilines is 1. The van der Waals surface area contributed by atoms with E-state index in [4.69, 9.17) is 0 Å². The number of hydrogen-bond donors (Lipinski definition) is 1. The van der Waals surface area contributed by atoms with Gasteiger partial charge in [0.05, 0.1) is 10.1 Å². The minimum absolute atomic E-state index is 0.407. The Morgan fingerprint density at radius 3 is 3.11 bits per heavy atom. The molecule has 1 aliphatic carbocycles. The van der Waals surface area contributed by atoms with E-state index in [1.165, 1.54) is 18.4 Å². The van der Waals surface area contributed by atoms with Gasteiger partial charge in [0.15, 0.2) is 0 Å². The molecular weight excluding hydrogens is 304 g/mol. The monoisotopic (exact) mass is 324 g/mol. The minimum atomic E-state index is -0.412. The van der Waals surface area contributed by atoms with Gasteiger partial charge in [0, 0.05) is 25.2 Å². The van der Waals surface area contributed by atoms with Crippen LogP contribution in [-0.4, -0.2) is 28.8 Å². The molecule has 1 N–H and O–H groups in total. The van der Waals surface area contributed by atoms with Crippen molar-refractivity contribution in [2.45, 2.75) is 44.6 Å². The molecule has 3 nitrogen and oxygen atoms in total. The molecule has 2 heterocycles. The molecule has 1 saturated carbocycles. The first-order valence-electron chi connectivity index (χ1n) is 7.18. The Morgan fingerprint density at radius 1 is 1.42 bits per heavy atom. The van der Waals surface area contributed by atoms with Crippen molar-refractivity contribution in [3.8, 4) is 0 Å². The third kappa shape index (κ3) is 2.40. The van der Waals surface area contributed by atoms with Gasteiger partial charge in [-0.3, -0.25) is 0 Å². The highest BCUT2D eigenvalue weighted by molar-refractivity contribution is 9.10. The topological polar surface area (TPSA) is 36.4 Å². The number of hydrogen-bond acceptors (Lipinski definition) is 3. The van der Waals surface area contributed by atoms with Gasteiger partial charge in [0.1, 0.15) is 5.82 Å². The van der Waals surface area contributed by atoms with Gasteiger partial charge >= 0.3 is 0 Å². The third-order valence-corrected chi connectivity index (χ3v) is 5.77. The molecule has 2 atom stereocenters. The van der Waals surface area contributed by atoms with Gasteiger partial charge in [0.2, 0.25) is 0 Å². The van der Waals surface area contributed by atoms with Crippen LogP contribution >= 0.6 is 15.9 Å². The zero-order valence-electron chi connectivity index (χ0n) is 11.4. The highest BCUT2D eigenvalue weighted by atomic mass is 79.9. The number of aromatic nitrogens is 1. The number of halogens is 1. The molecule has 1 aliphatic heterocycles. The van der Waals surface area contributed by atoms with Crippen LogP contribution in [0, 0.1) is 12.8 Å². The molecule has 3 rings (SSSR count). The van der Waals surface area contributed by atoms with E-state index in [9.17, 15) is 5.11 Å². The predicted molar refractivity (Wildman–Crippen MR) is 80.4 cm³/mol. The molecule has 0 aromatic carbocycles. The first-order valence-corrected chi connectivity index (χ1v) is 7.98. The van der Waals surface area contributed by atoms with Crippen molar-refractivity contribution >= 4 is 21.7 Å². The van der Waals surface area contributed by atoms with E-state index >= 15 is 0 Å². The van der Waals surface area contributed by atoms with Gasteiger partial charge in [-0.2, -0.15) is 0 Å². The molecule has 2 fully saturated rings. The average Bonchev–Trinajstić information content (AvgIpc) is 2.41. The summed E-state index contributed by atoms with van der Waals surface area (Å²) in [5.74, 6) is 1.44. The van der Waals surface area contributed by atoms with Crippen LogP contribution in [0.4, 0.5) is 5.82 Å². The predicted octanol–water partition coefficient (Wildman–Crippen LogP) is 3.28. The fraction of sp³-hybridized carbons (Fsp3) is 0.667. The van der Waals surface area contributed by atoms with E-state index in [0.717, 1.165) is 42.6 Å². The van der Waals surface area contributed by atoms with E-state index in [-0.39, 0.29) is 0 Å². The van der Waals surface area contributed by atoms with Crippen molar-refractivity contribution in [3.05, 3.63) is 22.3 Å². The van der Waals surface area contributed by atoms with Crippen LogP contribution in [0.15, 0.2) is 16.7 Å². The Morgan fingerprint density at radius 2 is 2.26 bits per heavy atom. The zero-order valence-corrected chi connectivity index (χ0v) is 13.0. The molecule has 0 bridgehead atoms. The summed E-state index contributed by atoms with van der Waals surface area (Å²) in [6.45, 7) is 3.93. The van der Waals surface area contributed by atoms with Gasteiger partial charge in [0.25, 0.3) is 0 Å².